The Balaban J connectivity index is 1.78. The van der Waals surface area contributed by atoms with E-state index < -0.39 is 0 Å². The van der Waals surface area contributed by atoms with Gasteiger partial charge in [0.2, 0.25) is 0 Å². The molecule has 0 radical (unpaired) electrons. The number of aryl methyl sites for hydroxylation is 1. The lowest BCUT2D eigenvalue weighted by atomic mass is 9.93. The first kappa shape index (κ1) is 16.8. The lowest BCUT2D eigenvalue weighted by Gasteiger charge is -2.28. The van der Waals surface area contributed by atoms with Gasteiger partial charge < -0.3 is 4.57 Å². The summed E-state index contributed by atoms with van der Waals surface area (Å²) in [6.45, 7) is 3.26. The van der Waals surface area contributed by atoms with Crippen molar-refractivity contribution >= 4 is 5.94 Å². The van der Waals surface area contributed by atoms with Gasteiger partial charge in [-0.15, -0.1) is 0 Å². The second-order valence-corrected chi connectivity index (χ2v) is 6.47. The Morgan fingerprint density at radius 3 is 2.88 bits per heavy atom. The van der Waals surface area contributed by atoms with Gasteiger partial charge in [-0.1, -0.05) is 6.08 Å². The van der Waals surface area contributed by atoms with Gasteiger partial charge in [-0.3, -0.25) is 4.84 Å². The molecule has 1 atom stereocenters. The first-order valence-corrected chi connectivity index (χ1v) is 8.91. The molecule has 1 unspecified atom stereocenters. The first-order chi connectivity index (χ1) is 12.7. The van der Waals surface area contributed by atoms with Crippen LogP contribution in [-0.2, 0) is 22.6 Å². The number of nitrogens with zero attached hydrogens (tertiary/aromatic N) is 3. The zero-order chi connectivity index (χ0) is 18.1. The Labute approximate surface area is 151 Å². The van der Waals surface area contributed by atoms with E-state index in [1.54, 1.807) is 18.3 Å². The Kier molecular flexibility index (Phi) is 4.45. The van der Waals surface area contributed by atoms with E-state index in [0.717, 1.165) is 42.2 Å². The smallest absolute Gasteiger partial charge is 0.148 e. The van der Waals surface area contributed by atoms with E-state index in [-0.39, 0.29) is 11.7 Å². The molecule has 0 saturated carbocycles. The van der Waals surface area contributed by atoms with Crippen LogP contribution in [0.2, 0.25) is 0 Å². The summed E-state index contributed by atoms with van der Waals surface area (Å²) in [7, 11) is 0. The van der Waals surface area contributed by atoms with Crippen molar-refractivity contribution in [3.8, 4) is 11.3 Å². The van der Waals surface area contributed by atoms with Crippen LogP contribution in [0.3, 0.4) is 0 Å². The third-order valence-electron chi connectivity index (χ3n) is 4.86. The van der Waals surface area contributed by atoms with Gasteiger partial charge in [0.1, 0.15) is 23.3 Å². The number of fused-ring (bicyclic) bond motifs is 1. The van der Waals surface area contributed by atoms with Crippen LogP contribution in [0.4, 0.5) is 4.39 Å². The van der Waals surface area contributed by atoms with Crippen molar-refractivity contribution in [2.75, 3.05) is 6.61 Å². The average molecular weight is 353 g/mol. The summed E-state index contributed by atoms with van der Waals surface area (Å²) in [6, 6.07) is 6.42. The number of allylic oxidation sites excluding steroid dienone is 2. The van der Waals surface area contributed by atoms with Crippen LogP contribution in [-0.4, -0.2) is 27.2 Å². The molecule has 1 aromatic heterocycles. The maximum absolute atomic E-state index is 13.3. The number of benzene rings is 1. The van der Waals surface area contributed by atoms with Crippen molar-refractivity contribution in [2.45, 2.75) is 38.6 Å². The molecule has 0 saturated heterocycles. The highest BCUT2D eigenvalue weighted by Gasteiger charge is 2.30. The Bertz CT molecular complexity index is 895. The minimum atomic E-state index is -0.266. The maximum Gasteiger partial charge on any atom is 0.148 e. The van der Waals surface area contributed by atoms with Gasteiger partial charge in [0.05, 0.1) is 18.0 Å². The highest BCUT2D eigenvalue weighted by atomic mass is 19.1. The molecule has 0 bridgehead atoms. The normalized spacial score (nSPS) is 18.9. The molecule has 3 heterocycles. The molecule has 6 heteroatoms. The molecule has 0 amide bonds. The highest BCUT2D eigenvalue weighted by molar-refractivity contribution is 5.65. The summed E-state index contributed by atoms with van der Waals surface area (Å²) in [5, 5.41) is 1.49. The average Bonchev–Trinajstić information content (AvgIpc) is 3.24. The first-order valence-electron chi connectivity index (χ1n) is 8.91. The number of hydroxylamine groups is 2. The minimum absolute atomic E-state index is 0.00237. The van der Waals surface area contributed by atoms with Gasteiger partial charge in [0.15, 0.2) is 0 Å². The highest BCUT2D eigenvalue weighted by Crippen LogP contribution is 2.38. The topological polar surface area (TPSA) is 47.4 Å². The molecule has 0 fully saturated rings. The third kappa shape index (κ3) is 2.87. The molecule has 134 valence electrons. The van der Waals surface area contributed by atoms with Gasteiger partial charge in [-0.25, -0.2) is 19.2 Å². The molecular weight excluding hydrogens is 333 g/mol. The molecule has 2 aromatic rings. The number of rotatable bonds is 4. The number of imidazole rings is 1. The van der Waals surface area contributed by atoms with E-state index in [9.17, 15) is 9.18 Å². The van der Waals surface area contributed by atoms with Crippen LogP contribution in [0.25, 0.3) is 11.3 Å². The monoisotopic (exact) mass is 353 g/mol. The number of hydrogen-bond acceptors (Lipinski definition) is 4. The second kappa shape index (κ2) is 6.90. The van der Waals surface area contributed by atoms with Crippen molar-refractivity contribution < 1.29 is 14.0 Å². The fourth-order valence-corrected chi connectivity index (χ4v) is 3.72. The predicted octanol–water partition coefficient (Wildman–Crippen LogP) is 3.61. The molecule has 0 aliphatic carbocycles. The molecule has 1 aromatic carbocycles. The summed E-state index contributed by atoms with van der Waals surface area (Å²) < 4.78 is 15.6. The van der Waals surface area contributed by atoms with Gasteiger partial charge in [0, 0.05) is 37.1 Å². The zero-order valence-electron chi connectivity index (χ0n) is 14.6. The van der Waals surface area contributed by atoms with Gasteiger partial charge in [-0.05, 0) is 37.6 Å². The number of hydrogen-bond donors (Lipinski definition) is 0. The minimum Gasteiger partial charge on any atom is -0.331 e. The van der Waals surface area contributed by atoms with E-state index >= 15 is 0 Å². The predicted molar refractivity (Wildman–Crippen MR) is 95.1 cm³/mol. The van der Waals surface area contributed by atoms with E-state index in [1.165, 1.54) is 17.2 Å². The lowest BCUT2D eigenvalue weighted by Crippen LogP contribution is -2.24. The van der Waals surface area contributed by atoms with Crippen LogP contribution in [0.5, 0.6) is 0 Å². The molecule has 2 aliphatic rings. The standard InChI is InChI=1S/C20H20FN3O2/c1-2-26-24-11-9-15(12-17(24)13-25)20-19(14-5-7-16(21)8-6-14)22-18-4-3-10-23(18)20/h5-9,11,15H,2-4,10,12H2,1H3. The van der Waals surface area contributed by atoms with Crippen LogP contribution in [0, 0.1) is 5.82 Å². The number of carbonyl (C=O) groups excluding carboxylic acids is 1. The van der Waals surface area contributed by atoms with Gasteiger partial charge in [0.25, 0.3) is 0 Å². The maximum atomic E-state index is 13.3. The Morgan fingerprint density at radius 1 is 1.35 bits per heavy atom. The number of aromatic nitrogens is 2. The molecule has 2 aliphatic heterocycles. The van der Waals surface area contributed by atoms with Crippen LogP contribution < -0.4 is 0 Å². The van der Waals surface area contributed by atoms with Crippen LogP contribution in [0.15, 0.2) is 42.2 Å². The van der Waals surface area contributed by atoms with E-state index in [4.69, 9.17) is 9.82 Å². The quantitative estimate of drug-likeness (QED) is 0.788. The number of halogens is 1. The molecular formula is C20H20FN3O2. The van der Waals surface area contributed by atoms with Crippen molar-refractivity contribution in [3.05, 3.63) is 59.6 Å². The summed E-state index contributed by atoms with van der Waals surface area (Å²) in [4.78, 5) is 21.7. The summed E-state index contributed by atoms with van der Waals surface area (Å²) >= 11 is 0. The Morgan fingerprint density at radius 2 is 2.15 bits per heavy atom. The molecule has 4 rings (SSSR count). The summed E-state index contributed by atoms with van der Waals surface area (Å²) in [5.41, 5.74) is 3.30. The molecule has 26 heavy (non-hydrogen) atoms. The van der Waals surface area contributed by atoms with Crippen LogP contribution >= 0.6 is 0 Å². The van der Waals surface area contributed by atoms with Crippen molar-refractivity contribution in [1.82, 2.24) is 14.6 Å². The molecule has 0 N–H and O–H groups in total. The van der Waals surface area contributed by atoms with Crippen molar-refractivity contribution in [3.63, 3.8) is 0 Å². The third-order valence-corrected chi connectivity index (χ3v) is 4.86. The van der Waals surface area contributed by atoms with Gasteiger partial charge in [-0.2, -0.15) is 0 Å². The van der Waals surface area contributed by atoms with Gasteiger partial charge >= 0.3 is 0 Å². The van der Waals surface area contributed by atoms with Crippen molar-refractivity contribution in [1.29, 1.82) is 0 Å². The zero-order valence-corrected chi connectivity index (χ0v) is 14.6. The van der Waals surface area contributed by atoms with E-state index in [0.29, 0.717) is 18.7 Å². The summed E-state index contributed by atoms with van der Waals surface area (Å²) in [6.07, 6.45) is 6.32. The van der Waals surface area contributed by atoms with E-state index in [2.05, 4.69) is 4.57 Å². The SMILES string of the molecule is CCON1C=CC(c2c(-c3ccc(F)cc3)nc3n2CCC3)CC1=C=O. The Hall–Kier alpha value is -2.69. The fourth-order valence-electron chi connectivity index (χ4n) is 3.72. The van der Waals surface area contributed by atoms with Crippen molar-refractivity contribution in [2.24, 2.45) is 0 Å². The fraction of sp³-hybridized carbons (Fsp3) is 0.350. The molecule has 5 nitrogen and oxygen atoms in total. The molecule has 0 spiro atoms. The lowest BCUT2D eigenvalue weighted by molar-refractivity contribution is -0.0904. The summed E-state index contributed by atoms with van der Waals surface area (Å²) in [5.74, 6) is 2.79. The van der Waals surface area contributed by atoms with E-state index in [1.807, 2.05) is 18.9 Å². The largest absolute Gasteiger partial charge is 0.331 e. The second-order valence-electron chi connectivity index (χ2n) is 6.47. The van der Waals surface area contributed by atoms with Crippen LogP contribution in [0.1, 0.15) is 37.2 Å².